The molecular weight excluding hydrogens is 387 g/mol. The van der Waals surface area contributed by atoms with Crippen molar-refractivity contribution in [3.8, 4) is 5.75 Å². The summed E-state index contributed by atoms with van der Waals surface area (Å²) >= 11 is 5.92. The van der Waals surface area contributed by atoms with Gasteiger partial charge in [-0.25, -0.2) is 0 Å². The lowest BCUT2D eigenvalue weighted by molar-refractivity contribution is -0.134. The van der Waals surface area contributed by atoms with E-state index in [-0.39, 0.29) is 24.4 Å². The normalized spacial score (nSPS) is 18.6. The maximum atomic E-state index is 12.8. The van der Waals surface area contributed by atoms with Gasteiger partial charge in [0, 0.05) is 30.9 Å². The van der Waals surface area contributed by atoms with Crippen LogP contribution in [0.15, 0.2) is 48.5 Å². The minimum atomic E-state index is -0.522. The van der Waals surface area contributed by atoms with Gasteiger partial charge in [-0.2, -0.15) is 0 Å². The van der Waals surface area contributed by atoms with Crippen LogP contribution in [0.3, 0.4) is 0 Å². The Morgan fingerprint density at radius 2 is 1.85 bits per heavy atom. The number of nitrogens with zero attached hydrogens (tertiary/aromatic N) is 1. The molecule has 0 aliphatic carbocycles. The molecule has 2 aromatic rings. The van der Waals surface area contributed by atoms with Crippen molar-refractivity contribution in [1.82, 2.24) is 5.32 Å². The summed E-state index contributed by atoms with van der Waals surface area (Å²) in [6, 6.07) is 14.9. The quantitative estimate of drug-likeness (QED) is 0.494. The van der Waals surface area contributed by atoms with Crippen LogP contribution in [0.2, 0.25) is 5.02 Å². The molecule has 1 aliphatic heterocycles. The van der Waals surface area contributed by atoms with Crippen molar-refractivity contribution in [1.29, 1.82) is 0 Å². The number of anilines is 1. The monoisotopic (exact) mass is 409 g/mol. The third kappa shape index (κ3) is 4.93. The largest absolute Gasteiger partial charge is 1.00 e. The third-order valence-corrected chi connectivity index (χ3v) is 4.70. The number of aryl methyl sites for hydroxylation is 1. The van der Waals surface area contributed by atoms with Gasteiger partial charge >= 0.3 is 0 Å². The van der Waals surface area contributed by atoms with Crippen molar-refractivity contribution in [2.45, 2.75) is 19.1 Å². The number of ether oxygens (including phenoxy) is 2. The van der Waals surface area contributed by atoms with Gasteiger partial charge < -0.3 is 32.1 Å². The fraction of sp³-hybridized carbons (Fsp3) is 0.350. The lowest BCUT2D eigenvalue weighted by Gasteiger charge is -2.47. The number of nitrogens with one attached hydrogen (secondary N) is 1. The van der Waals surface area contributed by atoms with Crippen molar-refractivity contribution >= 4 is 23.2 Å². The average Bonchev–Trinajstić information content (AvgIpc) is 2.65. The Balaban J connectivity index is 0.00000261. The standard InChI is InChI=1S/C20H23ClN2O3.ClH/c1-14-5-3-4-6-17(14)23-18(13-22-11-12-25-2)19(20(23)24)26-16-9-7-15(21)8-10-16;/h3-10,18-19,22H,11-13H2,1-2H3;1H/p-1. The second kappa shape index (κ2) is 9.95. The van der Waals surface area contributed by atoms with Crippen LogP contribution in [0.1, 0.15) is 5.56 Å². The molecule has 1 heterocycles. The number of amides is 1. The Hall–Kier alpha value is -1.79. The van der Waals surface area contributed by atoms with E-state index in [2.05, 4.69) is 5.32 Å². The SMILES string of the molecule is COCCNCC1C(Oc2ccc(Cl)cc2)C(=O)N1c1ccccc1C.[Cl-]. The molecular formula is C20H23Cl2N2O3-. The number of β-lactam (4-membered cyclic amide) rings is 1. The molecule has 3 rings (SSSR count). The third-order valence-electron chi connectivity index (χ3n) is 4.45. The van der Waals surface area contributed by atoms with Crippen molar-refractivity contribution in [3.63, 3.8) is 0 Å². The minimum Gasteiger partial charge on any atom is -1.00 e. The number of hydrogen-bond acceptors (Lipinski definition) is 4. The molecule has 7 heteroatoms. The Kier molecular flexibility index (Phi) is 7.92. The van der Waals surface area contributed by atoms with E-state index in [0.717, 1.165) is 17.8 Å². The maximum Gasteiger partial charge on any atom is 0.270 e. The Bertz CT molecular complexity index is 755. The zero-order valence-electron chi connectivity index (χ0n) is 15.3. The predicted molar refractivity (Wildman–Crippen MR) is 103 cm³/mol. The summed E-state index contributed by atoms with van der Waals surface area (Å²) in [5, 5.41) is 3.97. The molecule has 2 aromatic carbocycles. The van der Waals surface area contributed by atoms with Gasteiger partial charge in [0.05, 0.1) is 12.6 Å². The van der Waals surface area contributed by atoms with Crippen LogP contribution in [-0.2, 0) is 9.53 Å². The van der Waals surface area contributed by atoms with Crippen LogP contribution in [0, 0.1) is 6.92 Å². The van der Waals surface area contributed by atoms with Crippen molar-refractivity contribution < 1.29 is 26.7 Å². The first kappa shape index (κ1) is 21.5. The van der Waals surface area contributed by atoms with E-state index in [1.54, 1.807) is 31.4 Å². The summed E-state index contributed by atoms with van der Waals surface area (Å²) in [6.07, 6.45) is -0.522. The molecule has 2 unspecified atom stereocenters. The summed E-state index contributed by atoms with van der Waals surface area (Å²) < 4.78 is 11.0. The molecule has 1 amide bonds. The Morgan fingerprint density at radius 1 is 1.15 bits per heavy atom. The summed E-state index contributed by atoms with van der Waals surface area (Å²) in [6.45, 7) is 3.97. The molecule has 2 atom stereocenters. The van der Waals surface area contributed by atoms with Crippen LogP contribution < -0.4 is 27.4 Å². The van der Waals surface area contributed by atoms with Gasteiger partial charge in [0.1, 0.15) is 5.75 Å². The van der Waals surface area contributed by atoms with E-state index >= 15 is 0 Å². The second-order valence-electron chi connectivity index (χ2n) is 6.25. The number of carbonyl (C=O) groups excluding carboxylic acids is 1. The molecule has 0 saturated carbocycles. The average molecular weight is 410 g/mol. The van der Waals surface area contributed by atoms with E-state index < -0.39 is 6.10 Å². The first-order valence-electron chi connectivity index (χ1n) is 8.62. The summed E-state index contributed by atoms with van der Waals surface area (Å²) in [5.74, 6) is 0.604. The summed E-state index contributed by atoms with van der Waals surface area (Å²) in [4.78, 5) is 14.6. The van der Waals surface area contributed by atoms with E-state index in [9.17, 15) is 4.79 Å². The van der Waals surface area contributed by atoms with Gasteiger partial charge in [0.25, 0.3) is 5.91 Å². The highest BCUT2D eigenvalue weighted by Crippen LogP contribution is 2.33. The van der Waals surface area contributed by atoms with Gasteiger partial charge in [-0.05, 0) is 42.8 Å². The van der Waals surface area contributed by atoms with Crippen LogP contribution in [0.5, 0.6) is 5.75 Å². The van der Waals surface area contributed by atoms with Gasteiger partial charge in [-0.1, -0.05) is 29.8 Å². The molecule has 1 N–H and O–H groups in total. The summed E-state index contributed by atoms with van der Waals surface area (Å²) in [5.41, 5.74) is 1.99. The lowest BCUT2D eigenvalue weighted by atomic mass is 9.95. The predicted octanol–water partition coefficient (Wildman–Crippen LogP) is 0.0512. The number of hydrogen-bond donors (Lipinski definition) is 1. The zero-order chi connectivity index (χ0) is 18.5. The van der Waals surface area contributed by atoms with E-state index in [1.807, 2.05) is 36.1 Å². The van der Waals surface area contributed by atoms with E-state index in [4.69, 9.17) is 21.1 Å². The topological polar surface area (TPSA) is 50.8 Å². The van der Waals surface area contributed by atoms with Gasteiger partial charge in [0.15, 0.2) is 6.10 Å². The lowest BCUT2D eigenvalue weighted by Crippen LogP contribution is -3.00. The van der Waals surface area contributed by atoms with Crippen LogP contribution in [0.25, 0.3) is 0 Å². The molecule has 5 nitrogen and oxygen atoms in total. The molecule has 146 valence electrons. The molecule has 1 aliphatic rings. The van der Waals surface area contributed by atoms with Crippen molar-refractivity contribution in [3.05, 3.63) is 59.1 Å². The number of para-hydroxylation sites is 1. The summed E-state index contributed by atoms with van der Waals surface area (Å²) in [7, 11) is 1.67. The minimum absolute atomic E-state index is 0. The molecule has 0 spiro atoms. The molecule has 27 heavy (non-hydrogen) atoms. The highest BCUT2D eigenvalue weighted by atomic mass is 35.5. The molecule has 0 aromatic heterocycles. The van der Waals surface area contributed by atoms with Crippen molar-refractivity contribution in [2.75, 3.05) is 31.7 Å². The first-order chi connectivity index (χ1) is 12.6. The van der Waals surface area contributed by atoms with Crippen LogP contribution >= 0.6 is 11.6 Å². The highest BCUT2D eigenvalue weighted by Gasteiger charge is 2.50. The second-order valence-corrected chi connectivity index (χ2v) is 6.69. The van der Waals surface area contributed by atoms with Gasteiger partial charge in [0.2, 0.25) is 0 Å². The van der Waals surface area contributed by atoms with Gasteiger partial charge in [-0.3, -0.25) is 4.79 Å². The number of rotatable bonds is 8. The van der Waals surface area contributed by atoms with E-state index in [0.29, 0.717) is 23.9 Å². The molecule has 0 radical (unpaired) electrons. The molecule has 0 bridgehead atoms. The first-order valence-corrected chi connectivity index (χ1v) is 9.00. The van der Waals surface area contributed by atoms with Crippen LogP contribution in [-0.4, -0.2) is 44.9 Å². The maximum absolute atomic E-state index is 12.8. The van der Waals surface area contributed by atoms with Crippen LogP contribution in [0.4, 0.5) is 5.69 Å². The number of carbonyl (C=O) groups is 1. The van der Waals surface area contributed by atoms with E-state index in [1.165, 1.54) is 0 Å². The Morgan fingerprint density at radius 3 is 2.52 bits per heavy atom. The van der Waals surface area contributed by atoms with Gasteiger partial charge in [-0.15, -0.1) is 0 Å². The number of methoxy groups -OCH3 is 1. The Labute approximate surface area is 171 Å². The fourth-order valence-corrected chi connectivity index (χ4v) is 3.19. The zero-order valence-corrected chi connectivity index (χ0v) is 16.8. The molecule has 1 saturated heterocycles. The van der Waals surface area contributed by atoms with Crippen molar-refractivity contribution in [2.24, 2.45) is 0 Å². The smallest absolute Gasteiger partial charge is 0.270 e. The highest BCUT2D eigenvalue weighted by molar-refractivity contribution is 6.30. The number of halogens is 2. The molecule has 1 fully saturated rings. The fourth-order valence-electron chi connectivity index (χ4n) is 3.06. The number of benzene rings is 2.